The number of anilines is 1. The van der Waals surface area contributed by atoms with Crippen molar-refractivity contribution in [1.29, 1.82) is 0 Å². The molecule has 1 aliphatic heterocycles. The summed E-state index contributed by atoms with van der Waals surface area (Å²) in [5, 5.41) is 0. The predicted molar refractivity (Wildman–Crippen MR) is 90.4 cm³/mol. The number of H-pyrrole nitrogens is 1. The van der Waals surface area contributed by atoms with Gasteiger partial charge in [-0.2, -0.15) is 13.2 Å². The van der Waals surface area contributed by atoms with Crippen molar-refractivity contribution in [2.75, 3.05) is 11.4 Å². The fraction of sp³-hybridized carbons (Fsp3) is 0.333. The van der Waals surface area contributed by atoms with Crippen LogP contribution in [0.3, 0.4) is 0 Å². The number of halogens is 4. The van der Waals surface area contributed by atoms with E-state index in [2.05, 4.69) is 9.97 Å². The van der Waals surface area contributed by atoms with Gasteiger partial charge in [-0.25, -0.2) is 9.37 Å². The van der Waals surface area contributed by atoms with E-state index < -0.39 is 53.3 Å². The van der Waals surface area contributed by atoms with Gasteiger partial charge in [0.05, 0.1) is 12.2 Å². The zero-order chi connectivity index (χ0) is 20.6. The highest BCUT2D eigenvalue weighted by Gasteiger charge is 2.37. The van der Waals surface area contributed by atoms with Crippen molar-refractivity contribution in [3.8, 4) is 0 Å². The van der Waals surface area contributed by atoms with Crippen molar-refractivity contribution in [1.82, 2.24) is 9.97 Å². The predicted octanol–water partition coefficient (Wildman–Crippen LogP) is 2.33. The fourth-order valence-corrected chi connectivity index (χ4v) is 3.16. The lowest BCUT2D eigenvalue weighted by molar-refractivity contribution is -0.142. The second-order valence-corrected chi connectivity index (χ2v) is 6.41. The Morgan fingerprint density at radius 1 is 1.29 bits per heavy atom. The molecule has 0 atom stereocenters. The number of hydrogen-bond donors (Lipinski definition) is 1. The molecule has 148 valence electrons. The minimum Gasteiger partial charge on any atom is -0.311 e. The average molecular weight is 397 g/mol. The van der Waals surface area contributed by atoms with Crippen molar-refractivity contribution < 1.29 is 27.2 Å². The summed E-state index contributed by atoms with van der Waals surface area (Å²) in [4.78, 5) is 43.0. The van der Waals surface area contributed by atoms with Gasteiger partial charge in [-0.15, -0.1) is 0 Å². The van der Waals surface area contributed by atoms with Crippen LogP contribution in [-0.4, -0.2) is 28.2 Å². The van der Waals surface area contributed by atoms with Crippen LogP contribution in [0.4, 0.5) is 23.2 Å². The number of hydrogen-bond acceptors (Lipinski definition) is 4. The molecule has 1 N–H and O–H groups in total. The Hall–Kier alpha value is -3.04. The zero-order valence-electron chi connectivity index (χ0n) is 14.7. The summed E-state index contributed by atoms with van der Waals surface area (Å²) < 4.78 is 53.5. The van der Waals surface area contributed by atoms with Crippen LogP contribution in [0.15, 0.2) is 23.0 Å². The molecule has 0 unspecified atom stereocenters. The molecular formula is C18H15F4N3O3. The Bertz CT molecular complexity index is 1010. The SMILES string of the molecule is Cc1nc(C(F)(F)F)c(CCC(=O)N2CC(=O)Cc3c(F)cccc32)c(=O)[nH]1. The van der Waals surface area contributed by atoms with E-state index in [1.54, 1.807) is 0 Å². The highest BCUT2D eigenvalue weighted by Crippen LogP contribution is 2.31. The number of benzene rings is 1. The van der Waals surface area contributed by atoms with Crippen LogP contribution in [0.5, 0.6) is 0 Å². The van der Waals surface area contributed by atoms with Gasteiger partial charge < -0.3 is 9.88 Å². The topological polar surface area (TPSA) is 83.1 Å². The lowest BCUT2D eigenvalue weighted by Crippen LogP contribution is -2.41. The second kappa shape index (κ2) is 7.17. The van der Waals surface area contributed by atoms with Crippen LogP contribution in [0.2, 0.25) is 0 Å². The molecular weight excluding hydrogens is 382 g/mol. The minimum absolute atomic E-state index is 0.0675. The van der Waals surface area contributed by atoms with Gasteiger partial charge in [-0.05, 0) is 25.5 Å². The van der Waals surface area contributed by atoms with Crippen LogP contribution in [-0.2, 0) is 28.6 Å². The number of carbonyl (C=O) groups is 2. The maximum Gasteiger partial charge on any atom is 0.433 e. The fourth-order valence-electron chi connectivity index (χ4n) is 3.16. The molecule has 2 aromatic rings. The van der Waals surface area contributed by atoms with Crippen LogP contribution in [0.25, 0.3) is 0 Å². The van der Waals surface area contributed by atoms with Crippen molar-refractivity contribution in [3.05, 3.63) is 57.0 Å². The Morgan fingerprint density at radius 3 is 2.68 bits per heavy atom. The lowest BCUT2D eigenvalue weighted by atomic mass is 9.99. The van der Waals surface area contributed by atoms with E-state index in [4.69, 9.17) is 0 Å². The molecule has 6 nitrogen and oxygen atoms in total. The summed E-state index contributed by atoms with van der Waals surface area (Å²) in [6, 6.07) is 4.00. The monoisotopic (exact) mass is 397 g/mol. The molecule has 1 aliphatic rings. The molecule has 1 aromatic heterocycles. The third-order valence-electron chi connectivity index (χ3n) is 4.39. The lowest BCUT2D eigenvalue weighted by Gasteiger charge is -2.29. The third kappa shape index (κ3) is 3.80. The van der Waals surface area contributed by atoms with E-state index in [-0.39, 0.29) is 30.0 Å². The molecule has 0 radical (unpaired) electrons. The molecule has 0 fully saturated rings. The molecule has 0 bridgehead atoms. The molecule has 0 saturated heterocycles. The van der Waals surface area contributed by atoms with Crippen molar-refractivity contribution >= 4 is 17.4 Å². The van der Waals surface area contributed by atoms with Crippen molar-refractivity contribution in [2.24, 2.45) is 0 Å². The first kappa shape index (κ1) is 19.7. The van der Waals surface area contributed by atoms with E-state index in [0.717, 1.165) is 11.0 Å². The number of aromatic nitrogens is 2. The van der Waals surface area contributed by atoms with Gasteiger partial charge in [-0.1, -0.05) is 6.07 Å². The number of ketones is 1. The summed E-state index contributed by atoms with van der Waals surface area (Å²) >= 11 is 0. The number of aryl methyl sites for hydroxylation is 1. The summed E-state index contributed by atoms with van der Waals surface area (Å²) in [5.74, 6) is -1.91. The zero-order valence-corrected chi connectivity index (χ0v) is 14.7. The Morgan fingerprint density at radius 2 is 2.00 bits per heavy atom. The maximum atomic E-state index is 13.9. The standard InChI is InChI=1S/C18H15F4N3O3/c1-9-23-16(18(20,21)22)11(17(28)24-9)5-6-15(27)25-8-10(26)7-12-13(19)3-2-4-14(12)25/h2-4H,5-8H2,1H3,(H,23,24,28). The molecule has 1 amide bonds. The summed E-state index contributed by atoms with van der Waals surface area (Å²) in [5.41, 5.74) is -2.71. The van der Waals surface area contributed by atoms with Gasteiger partial charge in [0, 0.05) is 24.0 Å². The number of amides is 1. The minimum atomic E-state index is -4.85. The average Bonchev–Trinajstić information content (AvgIpc) is 2.59. The van der Waals surface area contributed by atoms with Crippen LogP contribution in [0.1, 0.15) is 29.1 Å². The summed E-state index contributed by atoms with van der Waals surface area (Å²) in [6.45, 7) is 0.917. The van der Waals surface area contributed by atoms with Gasteiger partial charge in [0.15, 0.2) is 11.5 Å². The van der Waals surface area contributed by atoms with E-state index in [1.165, 1.54) is 19.1 Å². The van der Waals surface area contributed by atoms with Gasteiger partial charge in [0.25, 0.3) is 5.56 Å². The number of carbonyl (C=O) groups excluding carboxylic acids is 2. The number of fused-ring (bicyclic) bond motifs is 1. The Balaban J connectivity index is 1.88. The molecule has 10 heteroatoms. The number of aromatic amines is 1. The number of Topliss-reactive ketones (excluding diaryl/α,β-unsaturated/α-hetero) is 1. The summed E-state index contributed by atoms with van der Waals surface area (Å²) in [7, 11) is 0. The number of rotatable bonds is 3. The number of alkyl halides is 3. The van der Waals surface area contributed by atoms with E-state index >= 15 is 0 Å². The molecule has 0 spiro atoms. The van der Waals surface area contributed by atoms with Gasteiger partial charge in [-0.3, -0.25) is 14.4 Å². The van der Waals surface area contributed by atoms with E-state index in [1.807, 2.05) is 0 Å². The summed E-state index contributed by atoms with van der Waals surface area (Å²) in [6.07, 6.45) is -6.01. The van der Waals surface area contributed by atoms with Crippen molar-refractivity contribution in [2.45, 2.75) is 32.4 Å². The van der Waals surface area contributed by atoms with Crippen LogP contribution in [0, 0.1) is 12.7 Å². The third-order valence-corrected chi connectivity index (χ3v) is 4.39. The highest BCUT2D eigenvalue weighted by molar-refractivity contribution is 6.03. The van der Waals surface area contributed by atoms with Crippen molar-refractivity contribution in [3.63, 3.8) is 0 Å². The first-order chi connectivity index (χ1) is 13.1. The quantitative estimate of drug-likeness (QED) is 0.806. The smallest absolute Gasteiger partial charge is 0.311 e. The van der Waals surface area contributed by atoms with Gasteiger partial charge in [0.2, 0.25) is 5.91 Å². The molecule has 2 heterocycles. The molecule has 0 aliphatic carbocycles. The largest absolute Gasteiger partial charge is 0.433 e. The number of nitrogens with zero attached hydrogens (tertiary/aromatic N) is 2. The first-order valence-electron chi connectivity index (χ1n) is 8.34. The van der Waals surface area contributed by atoms with Gasteiger partial charge in [0.1, 0.15) is 11.6 Å². The van der Waals surface area contributed by atoms with Gasteiger partial charge >= 0.3 is 6.18 Å². The molecule has 3 rings (SSSR count). The molecule has 0 saturated carbocycles. The van der Waals surface area contributed by atoms with E-state index in [9.17, 15) is 31.9 Å². The maximum absolute atomic E-state index is 13.9. The molecule has 1 aromatic carbocycles. The van der Waals surface area contributed by atoms with Crippen LogP contribution < -0.4 is 10.5 Å². The second-order valence-electron chi connectivity index (χ2n) is 6.41. The number of nitrogens with one attached hydrogen (secondary N) is 1. The highest BCUT2D eigenvalue weighted by atomic mass is 19.4. The molecule has 28 heavy (non-hydrogen) atoms. The van der Waals surface area contributed by atoms with Crippen LogP contribution >= 0.6 is 0 Å². The Labute approximate surface area is 156 Å². The van der Waals surface area contributed by atoms with E-state index in [0.29, 0.717) is 0 Å². The first-order valence-corrected chi connectivity index (χ1v) is 8.34. The normalized spacial score (nSPS) is 14.2. The Kier molecular flexibility index (Phi) is 5.05.